The summed E-state index contributed by atoms with van der Waals surface area (Å²) < 4.78 is 15.8. The average Bonchev–Trinajstić information content (AvgIpc) is 2.96. The monoisotopic (exact) mass is 300 g/mol. The number of aryl methyl sites for hydroxylation is 1. The molecule has 1 aromatic heterocycles. The quantitative estimate of drug-likeness (QED) is 0.771. The summed E-state index contributed by atoms with van der Waals surface area (Å²) >= 11 is 11.6. The molecule has 1 fully saturated rings. The smallest absolute Gasteiger partial charge is 0.144 e. The minimum Gasteiger partial charge on any atom is -0.328 e. The number of nitrogens with zero attached hydrogens (tertiary/aromatic N) is 2. The van der Waals surface area contributed by atoms with Gasteiger partial charge in [0, 0.05) is 24.9 Å². The van der Waals surface area contributed by atoms with Gasteiger partial charge < -0.3 is 4.57 Å². The molecule has 0 aliphatic heterocycles. The molecule has 0 N–H and O–H groups in total. The highest BCUT2D eigenvalue weighted by Gasteiger charge is 2.33. The number of halogens is 3. The second-order valence-electron chi connectivity index (χ2n) is 5.31. The second-order valence-corrected chi connectivity index (χ2v) is 6.09. The topological polar surface area (TPSA) is 17.8 Å². The zero-order chi connectivity index (χ0) is 13.6. The number of fused-ring (bicyclic) bond motifs is 1. The minimum atomic E-state index is -0.392. The van der Waals surface area contributed by atoms with Crippen molar-refractivity contribution in [3.8, 4) is 0 Å². The second kappa shape index (κ2) is 4.95. The molecule has 1 aromatic carbocycles. The first kappa shape index (κ1) is 13.2. The Kier molecular flexibility index (Phi) is 3.44. The Morgan fingerprint density at radius 1 is 1.47 bits per heavy atom. The van der Waals surface area contributed by atoms with Crippen LogP contribution in [0, 0.1) is 17.7 Å². The molecule has 5 heteroatoms. The fraction of sp³-hybridized carbons (Fsp3) is 0.500. The maximum absolute atomic E-state index is 13.7. The Labute approximate surface area is 121 Å². The largest absolute Gasteiger partial charge is 0.328 e. The van der Waals surface area contributed by atoms with Gasteiger partial charge in [0.25, 0.3) is 0 Å². The van der Waals surface area contributed by atoms with E-state index in [1.54, 1.807) is 6.07 Å². The fourth-order valence-electron chi connectivity index (χ4n) is 2.54. The van der Waals surface area contributed by atoms with Crippen LogP contribution in [0.15, 0.2) is 12.1 Å². The van der Waals surface area contributed by atoms with E-state index in [1.807, 2.05) is 0 Å². The molecule has 2 aromatic rings. The van der Waals surface area contributed by atoms with Crippen molar-refractivity contribution in [1.29, 1.82) is 0 Å². The molecule has 3 rings (SSSR count). The van der Waals surface area contributed by atoms with Crippen molar-refractivity contribution in [2.45, 2.75) is 26.3 Å². The van der Waals surface area contributed by atoms with E-state index in [4.69, 9.17) is 23.2 Å². The van der Waals surface area contributed by atoms with Crippen molar-refractivity contribution >= 4 is 34.2 Å². The summed E-state index contributed by atoms with van der Waals surface area (Å²) in [6.45, 7) is 3.13. The first-order chi connectivity index (χ1) is 9.10. The van der Waals surface area contributed by atoms with Crippen molar-refractivity contribution in [2.24, 2.45) is 11.8 Å². The number of imidazole rings is 1. The molecule has 1 heterocycles. The molecule has 1 aliphatic carbocycles. The van der Waals surface area contributed by atoms with E-state index in [-0.39, 0.29) is 5.02 Å². The van der Waals surface area contributed by atoms with Gasteiger partial charge in [0.05, 0.1) is 16.1 Å². The van der Waals surface area contributed by atoms with Crippen LogP contribution in [-0.4, -0.2) is 15.4 Å². The van der Waals surface area contributed by atoms with Crippen LogP contribution in [0.1, 0.15) is 19.2 Å². The lowest BCUT2D eigenvalue weighted by molar-refractivity contribution is 0.582. The summed E-state index contributed by atoms with van der Waals surface area (Å²) in [5, 5.41) is 0.120. The number of hydrogen-bond donors (Lipinski definition) is 0. The molecule has 1 aliphatic rings. The summed E-state index contributed by atoms with van der Waals surface area (Å²) in [6.07, 6.45) is 1.92. The lowest BCUT2D eigenvalue weighted by Crippen LogP contribution is -2.07. The van der Waals surface area contributed by atoms with Gasteiger partial charge >= 0.3 is 0 Å². The fourth-order valence-corrected chi connectivity index (χ4v) is 2.86. The molecule has 0 saturated heterocycles. The van der Waals surface area contributed by atoms with Crippen LogP contribution in [0.25, 0.3) is 11.0 Å². The molecule has 2 unspecified atom stereocenters. The minimum absolute atomic E-state index is 0.120. The maximum atomic E-state index is 13.7. The van der Waals surface area contributed by atoms with Crippen molar-refractivity contribution < 1.29 is 4.39 Å². The van der Waals surface area contributed by atoms with Crippen molar-refractivity contribution in [2.75, 3.05) is 5.88 Å². The molecule has 19 heavy (non-hydrogen) atoms. The summed E-state index contributed by atoms with van der Waals surface area (Å²) in [5.41, 5.74) is 1.57. The third-order valence-electron chi connectivity index (χ3n) is 3.88. The van der Waals surface area contributed by atoms with Crippen molar-refractivity contribution in [3.63, 3.8) is 0 Å². The number of aromatic nitrogens is 2. The van der Waals surface area contributed by atoms with E-state index in [2.05, 4.69) is 16.5 Å². The van der Waals surface area contributed by atoms with Gasteiger partial charge in [0.2, 0.25) is 0 Å². The summed E-state index contributed by atoms with van der Waals surface area (Å²) in [6, 6.07) is 3.08. The summed E-state index contributed by atoms with van der Waals surface area (Å²) in [4.78, 5) is 4.54. The van der Waals surface area contributed by atoms with Gasteiger partial charge in [-0.05, 0) is 24.3 Å². The van der Waals surface area contributed by atoms with Crippen molar-refractivity contribution in [3.05, 3.63) is 28.8 Å². The summed E-state index contributed by atoms with van der Waals surface area (Å²) in [7, 11) is 0. The first-order valence-electron chi connectivity index (χ1n) is 6.50. The Morgan fingerprint density at radius 2 is 2.21 bits per heavy atom. The molecular weight excluding hydrogens is 286 g/mol. The van der Waals surface area contributed by atoms with Gasteiger partial charge in [-0.3, -0.25) is 0 Å². The van der Waals surface area contributed by atoms with Crippen LogP contribution < -0.4 is 0 Å². The van der Waals surface area contributed by atoms with E-state index in [0.717, 1.165) is 29.3 Å². The Morgan fingerprint density at radius 3 is 2.84 bits per heavy atom. The first-order valence-corrected chi connectivity index (χ1v) is 7.41. The lowest BCUT2D eigenvalue weighted by Gasteiger charge is -2.08. The summed E-state index contributed by atoms with van der Waals surface area (Å²) in [5.74, 6) is 2.46. The number of alkyl halides is 1. The third-order valence-corrected chi connectivity index (χ3v) is 4.36. The molecular formula is C14H15Cl2FN2. The SMILES string of the molecule is CC1CC1Cn1c(CCCl)nc2cc(Cl)c(F)cc21. The predicted molar refractivity (Wildman–Crippen MR) is 76.4 cm³/mol. The highest BCUT2D eigenvalue weighted by Crippen LogP contribution is 2.40. The predicted octanol–water partition coefficient (Wildman–Crippen LogP) is 4.27. The Hall–Kier alpha value is -0.800. The number of benzene rings is 1. The van der Waals surface area contributed by atoms with E-state index >= 15 is 0 Å². The van der Waals surface area contributed by atoms with E-state index < -0.39 is 5.82 Å². The van der Waals surface area contributed by atoms with E-state index in [0.29, 0.717) is 18.2 Å². The molecule has 102 valence electrons. The molecule has 1 saturated carbocycles. The number of hydrogen-bond acceptors (Lipinski definition) is 1. The Bertz CT molecular complexity index is 623. The van der Waals surface area contributed by atoms with E-state index in [9.17, 15) is 4.39 Å². The molecule has 0 bridgehead atoms. The zero-order valence-electron chi connectivity index (χ0n) is 10.7. The highest BCUT2D eigenvalue weighted by atomic mass is 35.5. The Balaban J connectivity index is 2.08. The molecule has 0 amide bonds. The average molecular weight is 301 g/mol. The van der Waals surface area contributed by atoms with Crippen LogP contribution in [-0.2, 0) is 13.0 Å². The molecule has 2 nitrogen and oxygen atoms in total. The maximum Gasteiger partial charge on any atom is 0.144 e. The van der Waals surface area contributed by atoms with Crippen LogP contribution in [0.5, 0.6) is 0 Å². The van der Waals surface area contributed by atoms with Gasteiger partial charge in [-0.25, -0.2) is 9.37 Å². The van der Waals surface area contributed by atoms with Crippen LogP contribution in [0.4, 0.5) is 4.39 Å². The molecule has 0 spiro atoms. The van der Waals surface area contributed by atoms with Crippen LogP contribution >= 0.6 is 23.2 Å². The third kappa shape index (κ3) is 2.46. The molecule has 0 radical (unpaired) electrons. The standard InChI is InChI=1S/C14H15Cl2FN2/c1-8-4-9(8)7-19-13-6-11(17)10(16)5-12(13)18-14(19)2-3-15/h5-6,8-9H,2-4,7H2,1H3. The van der Waals surface area contributed by atoms with Crippen molar-refractivity contribution in [1.82, 2.24) is 9.55 Å². The van der Waals surface area contributed by atoms with Gasteiger partial charge in [0.1, 0.15) is 11.6 Å². The highest BCUT2D eigenvalue weighted by molar-refractivity contribution is 6.31. The van der Waals surface area contributed by atoms with Gasteiger partial charge in [-0.1, -0.05) is 18.5 Å². The zero-order valence-corrected chi connectivity index (χ0v) is 12.2. The van der Waals surface area contributed by atoms with Gasteiger partial charge in [-0.2, -0.15) is 0 Å². The van der Waals surface area contributed by atoms with E-state index in [1.165, 1.54) is 12.5 Å². The number of rotatable bonds is 4. The molecule has 2 atom stereocenters. The normalized spacial score (nSPS) is 22.1. The van der Waals surface area contributed by atoms with Gasteiger partial charge in [-0.15, -0.1) is 11.6 Å². The van der Waals surface area contributed by atoms with Crippen LogP contribution in [0.2, 0.25) is 5.02 Å². The lowest BCUT2D eigenvalue weighted by atomic mass is 10.3. The van der Waals surface area contributed by atoms with Crippen LogP contribution in [0.3, 0.4) is 0 Å². The van der Waals surface area contributed by atoms with Gasteiger partial charge in [0.15, 0.2) is 0 Å².